The summed E-state index contributed by atoms with van der Waals surface area (Å²) in [7, 11) is 0. The maximum Gasteiger partial charge on any atom is 0.157 e. The highest BCUT2D eigenvalue weighted by molar-refractivity contribution is 5.61. The summed E-state index contributed by atoms with van der Waals surface area (Å²) in [6.45, 7) is 4.67. The minimum atomic E-state index is 0.860. The zero-order chi connectivity index (χ0) is 13.5. The second-order valence-corrected chi connectivity index (χ2v) is 6.35. The zero-order valence-corrected chi connectivity index (χ0v) is 12.2. The van der Waals surface area contributed by atoms with Crippen LogP contribution in [0.3, 0.4) is 0 Å². The molecule has 0 bridgehead atoms. The molecule has 2 aromatic rings. The smallest absolute Gasteiger partial charge is 0.157 e. The Hall–Kier alpha value is -1.58. The molecule has 0 aromatic carbocycles. The number of aromatic nitrogens is 3. The predicted molar refractivity (Wildman–Crippen MR) is 80.2 cm³/mol. The number of piperidine rings is 1. The third-order valence-electron chi connectivity index (χ3n) is 4.91. The van der Waals surface area contributed by atoms with Crippen LogP contribution in [-0.2, 0) is 12.8 Å². The van der Waals surface area contributed by atoms with Crippen LogP contribution in [0, 0.1) is 5.92 Å². The Kier molecular flexibility index (Phi) is 2.90. The van der Waals surface area contributed by atoms with E-state index in [9.17, 15) is 0 Å². The molecule has 0 spiro atoms. The maximum atomic E-state index is 4.88. The molecule has 0 N–H and O–H groups in total. The molecule has 0 radical (unpaired) electrons. The SMILES string of the molecule is CC1CCN(c2nn3ccnc3c3c2CCCC3)CC1. The number of anilines is 1. The van der Waals surface area contributed by atoms with Gasteiger partial charge in [-0.05, 0) is 44.4 Å². The summed E-state index contributed by atoms with van der Waals surface area (Å²) in [5.74, 6) is 2.09. The van der Waals surface area contributed by atoms with Gasteiger partial charge in [0, 0.05) is 36.6 Å². The van der Waals surface area contributed by atoms with Crippen molar-refractivity contribution < 1.29 is 0 Å². The first kappa shape index (κ1) is 12.2. The molecule has 0 atom stereocenters. The molecule has 2 aliphatic rings. The number of aryl methyl sites for hydroxylation is 1. The third kappa shape index (κ3) is 1.89. The van der Waals surface area contributed by atoms with Gasteiger partial charge in [0.1, 0.15) is 0 Å². The fourth-order valence-corrected chi connectivity index (χ4v) is 3.63. The van der Waals surface area contributed by atoms with E-state index in [0.29, 0.717) is 0 Å². The topological polar surface area (TPSA) is 33.4 Å². The standard InChI is InChI=1S/C16H22N4/c1-12-6-9-19(10-7-12)16-14-5-3-2-4-13(14)15-17-8-11-20(15)18-16/h8,11-12H,2-7,9-10H2,1H3. The van der Waals surface area contributed by atoms with Crippen molar-refractivity contribution in [1.82, 2.24) is 14.6 Å². The zero-order valence-electron chi connectivity index (χ0n) is 12.2. The van der Waals surface area contributed by atoms with Crippen LogP contribution < -0.4 is 4.90 Å². The van der Waals surface area contributed by atoms with Gasteiger partial charge in [-0.3, -0.25) is 0 Å². The number of fused-ring (bicyclic) bond motifs is 3. The Labute approximate surface area is 119 Å². The van der Waals surface area contributed by atoms with E-state index < -0.39 is 0 Å². The Morgan fingerprint density at radius 3 is 2.65 bits per heavy atom. The van der Waals surface area contributed by atoms with Crippen LogP contribution >= 0.6 is 0 Å². The average Bonchev–Trinajstić information content (AvgIpc) is 2.96. The summed E-state index contributed by atoms with van der Waals surface area (Å²) in [6, 6.07) is 0. The quantitative estimate of drug-likeness (QED) is 0.799. The van der Waals surface area contributed by atoms with E-state index in [1.807, 2.05) is 16.9 Å². The van der Waals surface area contributed by atoms with Gasteiger partial charge in [-0.15, -0.1) is 5.10 Å². The van der Waals surface area contributed by atoms with Crippen LogP contribution in [0.15, 0.2) is 12.4 Å². The minimum absolute atomic E-state index is 0.860. The molecule has 0 saturated carbocycles. The number of nitrogens with zero attached hydrogens (tertiary/aromatic N) is 4. The Bertz CT molecular complexity index is 623. The predicted octanol–water partition coefficient (Wildman–Crippen LogP) is 2.84. The lowest BCUT2D eigenvalue weighted by molar-refractivity contribution is 0.434. The fraction of sp³-hybridized carbons (Fsp3) is 0.625. The molecule has 0 amide bonds. The van der Waals surface area contributed by atoms with E-state index in [2.05, 4.69) is 16.8 Å². The summed E-state index contributed by atoms with van der Waals surface area (Å²) in [5, 5.41) is 4.88. The molecule has 3 heterocycles. The minimum Gasteiger partial charge on any atom is -0.355 e. The molecule has 20 heavy (non-hydrogen) atoms. The fourth-order valence-electron chi connectivity index (χ4n) is 3.63. The van der Waals surface area contributed by atoms with Gasteiger partial charge in [0.25, 0.3) is 0 Å². The van der Waals surface area contributed by atoms with Gasteiger partial charge in [-0.2, -0.15) is 0 Å². The van der Waals surface area contributed by atoms with Crippen molar-refractivity contribution in [3.8, 4) is 0 Å². The van der Waals surface area contributed by atoms with E-state index in [-0.39, 0.29) is 0 Å². The largest absolute Gasteiger partial charge is 0.355 e. The first-order valence-electron chi connectivity index (χ1n) is 7.93. The van der Waals surface area contributed by atoms with Gasteiger partial charge in [0.2, 0.25) is 0 Å². The molecule has 1 saturated heterocycles. The van der Waals surface area contributed by atoms with Crippen molar-refractivity contribution in [3.05, 3.63) is 23.5 Å². The van der Waals surface area contributed by atoms with Gasteiger partial charge < -0.3 is 4.90 Å². The molecule has 4 nitrogen and oxygen atoms in total. The molecule has 1 fully saturated rings. The van der Waals surface area contributed by atoms with Gasteiger partial charge in [-0.1, -0.05) is 6.92 Å². The molecule has 2 aromatic heterocycles. The Balaban J connectivity index is 1.82. The molecule has 4 rings (SSSR count). The Morgan fingerprint density at radius 2 is 1.85 bits per heavy atom. The van der Waals surface area contributed by atoms with Crippen LogP contribution in [0.5, 0.6) is 0 Å². The van der Waals surface area contributed by atoms with Crippen LogP contribution in [0.1, 0.15) is 43.7 Å². The third-order valence-corrected chi connectivity index (χ3v) is 4.91. The summed E-state index contributed by atoms with van der Waals surface area (Å²) < 4.78 is 1.98. The second kappa shape index (κ2) is 4.76. The molecule has 106 valence electrons. The first-order valence-corrected chi connectivity index (χ1v) is 7.93. The summed E-state index contributed by atoms with van der Waals surface area (Å²) in [5.41, 5.74) is 4.00. The number of imidazole rings is 1. The van der Waals surface area contributed by atoms with Crippen molar-refractivity contribution in [3.63, 3.8) is 0 Å². The highest BCUT2D eigenvalue weighted by atomic mass is 15.3. The average molecular weight is 270 g/mol. The van der Waals surface area contributed by atoms with E-state index in [0.717, 1.165) is 31.1 Å². The van der Waals surface area contributed by atoms with Crippen LogP contribution in [0.4, 0.5) is 5.82 Å². The second-order valence-electron chi connectivity index (χ2n) is 6.35. The van der Waals surface area contributed by atoms with E-state index in [1.165, 1.54) is 49.0 Å². The highest BCUT2D eigenvalue weighted by Crippen LogP contribution is 2.32. The molecule has 1 aliphatic carbocycles. The summed E-state index contributed by atoms with van der Waals surface area (Å²) in [6.07, 6.45) is 11.4. The number of rotatable bonds is 1. The first-order chi connectivity index (χ1) is 9.83. The lowest BCUT2D eigenvalue weighted by Crippen LogP contribution is -2.35. The van der Waals surface area contributed by atoms with Crippen molar-refractivity contribution in [2.75, 3.05) is 18.0 Å². The van der Waals surface area contributed by atoms with Crippen LogP contribution in [0.2, 0.25) is 0 Å². The van der Waals surface area contributed by atoms with E-state index >= 15 is 0 Å². The molecule has 0 unspecified atom stereocenters. The molecule has 1 aliphatic heterocycles. The van der Waals surface area contributed by atoms with Crippen LogP contribution in [0.25, 0.3) is 5.65 Å². The summed E-state index contributed by atoms with van der Waals surface area (Å²) >= 11 is 0. The monoisotopic (exact) mass is 270 g/mol. The molecular formula is C16H22N4. The van der Waals surface area contributed by atoms with Crippen LogP contribution in [-0.4, -0.2) is 27.7 Å². The maximum absolute atomic E-state index is 4.88. The summed E-state index contributed by atoms with van der Waals surface area (Å²) in [4.78, 5) is 7.02. The molecule has 4 heteroatoms. The van der Waals surface area contributed by atoms with E-state index in [4.69, 9.17) is 5.10 Å². The normalized spacial score (nSPS) is 20.4. The van der Waals surface area contributed by atoms with Gasteiger partial charge >= 0.3 is 0 Å². The lowest BCUT2D eigenvalue weighted by atomic mass is 9.92. The number of hydrogen-bond donors (Lipinski definition) is 0. The van der Waals surface area contributed by atoms with Crippen molar-refractivity contribution in [2.24, 2.45) is 5.92 Å². The Morgan fingerprint density at radius 1 is 1.10 bits per heavy atom. The van der Waals surface area contributed by atoms with Gasteiger partial charge in [-0.25, -0.2) is 9.50 Å². The lowest BCUT2D eigenvalue weighted by Gasteiger charge is -2.33. The molecular weight excluding hydrogens is 248 g/mol. The van der Waals surface area contributed by atoms with Crippen molar-refractivity contribution in [2.45, 2.75) is 45.4 Å². The number of hydrogen-bond acceptors (Lipinski definition) is 3. The highest BCUT2D eigenvalue weighted by Gasteiger charge is 2.25. The van der Waals surface area contributed by atoms with Crippen molar-refractivity contribution >= 4 is 11.5 Å². The van der Waals surface area contributed by atoms with E-state index in [1.54, 1.807) is 0 Å². The van der Waals surface area contributed by atoms with Crippen molar-refractivity contribution in [1.29, 1.82) is 0 Å². The van der Waals surface area contributed by atoms with Gasteiger partial charge in [0.15, 0.2) is 11.5 Å². The van der Waals surface area contributed by atoms with Gasteiger partial charge in [0.05, 0.1) is 0 Å².